The molecule has 6 heteroatoms. The summed E-state index contributed by atoms with van der Waals surface area (Å²) in [4.78, 5) is 12.8. The fourth-order valence-electron chi connectivity index (χ4n) is 2.21. The lowest BCUT2D eigenvalue weighted by Gasteiger charge is -2.35. The van der Waals surface area contributed by atoms with Crippen LogP contribution in [-0.2, 0) is 0 Å². The van der Waals surface area contributed by atoms with Gasteiger partial charge in [-0.3, -0.25) is 0 Å². The number of rotatable bonds is 2. The summed E-state index contributed by atoms with van der Waals surface area (Å²) in [5.41, 5.74) is 1.05. The van der Waals surface area contributed by atoms with Crippen molar-refractivity contribution in [3.05, 3.63) is 35.2 Å². The summed E-state index contributed by atoms with van der Waals surface area (Å²) in [5, 5.41) is 3.11. The van der Waals surface area contributed by atoms with Gasteiger partial charge in [0.25, 0.3) is 0 Å². The molecule has 2 aromatic heterocycles. The largest absolute Gasteiger partial charge is 0.351 e. The van der Waals surface area contributed by atoms with Crippen molar-refractivity contribution >= 4 is 22.3 Å². The van der Waals surface area contributed by atoms with Crippen LogP contribution in [0.15, 0.2) is 23.7 Å². The van der Waals surface area contributed by atoms with Crippen molar-refractivity contribution in [3.63, 3.8) is 0 Å². The van der Waals surface area contributed by atoms with E-state index in [1.54, 1.807) is 23.6 Å². The molecule has 0 amide bonds. The monoisotopic (exact) mass is 278 g/mol. The maximum atomic E-state index is 13.7. The van der Waals surface area contributed by atoms with Crippen molar-refractivity contribution in [3.8, 4) is 0 Å². The fraction of sp³-hybridized carbons (Fsp3) is 0.385. The van der Waals surface area contributed by atoms with Crippen LogP contribution in [0.25, 0.3) is 0 Å². The van der Waals surface area contributed by atoms with Gasteiger partial charge in [0.2, 0.25) is 0 Å². The lowest BCUT2D eigenvalue weighted by atomic mass is 10.3. The van der Waals surface area contributed by atoms with Gasteiger partial charge in [-0.05, 0) is 19.1 Å². The smallest absolute Gasteiger partial charge is 0.185 e. The number of hydrogen-bond acceptors (Lipinski definition) is 5. The minimum atomic E-state index is -0.249. The minimum absolute atomic E-state index is 0.249. The van der Waals surface area contributed by atoms with Crippen LogP contribution < -0.4 is 9.80 Å². The first-order valence-electron chi connectivity index (χ1n) is 6.26. The summed E-state index contributed by atoms with van der Waals surface area (Å²) in [7, 11) is 0. The molecule has 3 rings (SSSR count). The Morgan fingerprint density at radius 2 is 1.95 bits per heavy atom. The minimum Gasteiger partial charge on any atom is -0.351 e. The molecule has 0 aromatic carbocycles. The molecule has 1 aliphatic rings. The van der Waals surface area contributed by atoms with Crippen LogP contribution >= 0.6 is 11.3 Å². The normalized spacial score (nSPS) is 15.9. The number of pyridine rings is 1. The molecule has 3 heterocycles. The van der Waals surface area contributed by atoms with E-state index < -0.39 is 0 Å². The molecule has 100 valence electrons. The highest BCUT2D eigenvalue weighted by Crippen LogP contribution is 2.23. The summed E-state index contributed by atoms with van der Waals surface area (Å²) in [6, 6.07) is 3.08. The van der Waals surface area contributed by atoms with Gasteiger partial charge in [0, 0.05) is 37.8 Å². The van der Waals surface area contributed by atoms with Gasteiger partial charge < -0.3 is 9.80 Å². The summed E-state index contributed by atoms with van der Waals surface area (Å²) >= 11 is 1.66. The molecule has 1 aliphatic heterocycles. The van der Waals surface area contributed by atoms with Gasteiger partial charge in [0.1, 0.15) is 0 Å². The molecule has 0 bridgehead atoms. The maximum Gasteiger partial charge on any atom is 0.185 e. The number of aromatic nitrogens is 2. The first kappa shape index (κ1) is 12.3. The van der Waals surface area contributed by atoms with Crippen molar-refractivity contribution in [1.82, 2.24) is 9.97 Å². The van der Waals surface area contributed by atoms with Crippen molar-refractivity contribution in [2.45, 2.75) is 6.92 Å². The molecule has 0 unspecified atom stereocenters. The number of nitrogens with zero attached hydrogens (tertiary/aromatic N) is 4. The average Bonchev–Trinajstić information content (AvgIpc) is 2.86. The average molecular weight is 278 g/mol. The first-order chi connectivity index (χ1) is 9.24. The number of anilines is 2. The Hall–Kier alpha value is -1.69. The highest BCUT2D eigenvalue weighted by Gasteiger charge is 2.21. The molecule has 0 N–H and O–H groups in total. The number of aryl methyl sites for hydroxylation is 1. The van der Waals surface area contributed by atoms with E-state index in [2.05, 4.69) is 20.2 Å². The zero-order valence-corrected chi connectivity index (χ0v) is 11.5. The zero-order valence-electron chi connectivity index (χ0n) is 10.7. The topological polar surface area (TPSA) is 32.3 Å². The molecular weight excluding hydrogens is 263 g/mol. The second kappa shape index (κ2) is 5.13. The standard InChI is InChI=1S/C13H15FN4S/c1-10-9-19-13(16-10)18-7-5-17(6-8-18)12-11(14)3-2-4-15-12/h2-4,9H,5-8H2,1H3. The van der Waals surface area contributed by atoms with E-state index in [0.29, 0.717) is 5.82 Å². The van der Waals surface area contributed by atoms with E-state index in [0.717, 1.165) is 37.0 Å². The first-order valence-corrected chi connectivity index (χ1v) is 7.14. The lowest BCUT2D eigenvalue weighted by molar-refractivity contribution is 0.588. The summed E-state index contributed by atoms with van der Waals surface area (Å²) in [6.07, 6.45) is 1.63. The Balaban J connectivity index is 1.68. The Kier molecular flexibility index (Phi) is 3.33. The summed E-state index contributed by atoms with van der Waals surface area (Å²) in [6.45, 7) is 5.24. The molecule has 1 saturated heterocycles. The summed E-state index contributed by atoms with van der Waals surface area (Å²) in [5.74, 6) is 0.207. The maximum absolute atomic E-state index is 13.7. The second-order valence-electron chi connectivity index (χ2n) is 4.55. The lowest BCUT2D eigenvalue weighted by Crippen LogP contribution is -2.47. The molecule has 0 atom stereocenters. The van der Waals surface area contributed by atoms with Crippen molar-refractivity contribution < 1.29 is 4.39 Å². The third-order valence-corrected chi connectivity index (χ3v) is 4.21. The van der Waals surface area contributed by atoms with Crippen LogP contribution in [0, 0.1) is 12.7 Å². The molecule has 0 spiro atoms. The SMILES string of the molecule is Cc1csc(N2CCN(c3ncccc3F)CC2)n1. The fourth-order valence-corrected chi connectivity index (χ4v) is 3.06. The Bertz CT molecular complexity index is 563. The van der Waals surface area contributed by atoms with Crippen LogP contribution in [0.1, 0.15) is 5.69 Å². The van der Waals surface area contributed by atoms with Crippen LogP contribution in [0.2, 0.25) is 0 Å². The highest BCUT2D eigenvalue weighted by atomic mass is 32.1. The van der Waals surface area contributed by atoms with Crippen LogP contribution in [-0.4, -0.2) is 36.1 Å². The Labute approximate surface area is 115 Å². The van der Waals surface area contributed by atoms with Gasteiger partial charge >= 0.3 is 0 Å². The number of hydrogen-bond donors (Lipinski definition) is 0. The van der Waals surface area contributed by atoms with E-state index >= 15 is 0 Å². The van der Waals surface area contributed by atoms with Gasteiger partial charge in [-0.25, -0.2) is 14.4 Å². The summed E-state index contributed by atoms with van der Waals surface area (Å²) < 4.78 is 13.7. The van der Waals surface area contributed by atoms with E-state index in [9.17, 15) is 4.39 Å². The van der Waals surface area contributed by atoms with Gasteiger partial charge in [0.15, 0.2) is 16.8 Å². The van der Waals surface area contributed by atoms with E-state index in [1.165, 1.54) is 6.07 Å². The van der Waals surface area contributed by atoms with Crippen molar-refractivity contribution in [1.29, 1.82) is 0 Å². The van der Waals surface area contributed by atoms with Crippen LogP contribution in [0.5, 0.6) is 0 Å². The van der Waals surface area contributed by atoms with Crippen LogP contribution in [0.4, 0.5) is 15.3 Å². The predicted octanol–water partition coefficient (Wildman–Crippen LogP) is 2.31. The highest BCUT2D eigenvalue weighted by molar-refractivity contribution is 7.13. The predicted molar refractivity (Wildman–Crippen MR) is 75.5 cm³/mol. The van der Waals surface area contributed by atoms with Gasteiger partial charge in [-0.15, -0.1) is 11.3 Å². The molecule has 19 heavy (non-hydrogen) atoms. The molecule has 0 saturated carbocycles. The number of thiazole rings is 1. The molecule has 4 nitrogen and oxygen atoms in total. The Morgan fingerprint density at radius 1 is 1.21 bits per heavy atom. The second-order valence-corrected chi connectivity index (χ2v) is 5.39. The van der Waals surface area contributed by atoms with Gasteiger partial charge in [-0.2, -0.15) is 0 Å². The van der Waals surface area contributed by atoms with Crippen LogP contribution in [0.3, 0.4) is 0 Å². The van der Waals surface area contributed by atoms with Crippen molar-refractivity contribution in [2.75, 3.05) is 36.0 Å². The van der Waals surface area contributed by atoms with E-state index in [4.69, 9.17) is 0 Å². The van der Waals surface area contributed by atoms with E-state index in [-0.39, 0.29) is 5.82 Å². The quantitative estimate of drug-likeness (QED) is 0.844. The molecule has 0 radical (unpaired) electrons. The number of piperazine rings is 1. The zero-order chi connectivity index (χ0) is 13.2. The molecule has 2 aromatic rings. The van der Waals surface area contributed by atoms with E-state index in [1.807, 2.05) is 11.8 Å². The molecule has 0 aliphatic carbocycles. The molecule has 1 fully saturated rings. The van der Waals surface area contributed by atoms with Crippen molar-refractivity contribution in [2.24, 2.45) is 0 Å². The Morgan fingerprint density at radius 3 is 2.58 bits per heavy atom. The third-order valence-electron chi connectivity index (χ3n) is 3.20. The van der Waals surface area contributed by atoms with Gasteiger partial charge in [0.05, 0.1) is 5.69 Å². The number of halogens is 1. The molecular formula is C13H15FN4S. The van der Waals surface area contributed by atoms with Gasteiger partial charge in [-0.1, -0.05) is 0 Å². The third kappa shape index (κ3) is 2.53.